The van der Waals surface area contributed by atoms with Crippen LogP contribution in [0.4, 0.5) is 5.69 Å². The molecular weight excluding hydrogens is 510 g/mol. The van der Waals surface area contributed by atoms with Gasteiger partial charge in [-0.25, -0.2) is 8.42 Å². The Hall–Kier alpha value is -2.58. The summed E-state index contributed by atoms with van der Waals surface area (Å²) in [6, 6.07) is 14.0. The minimum absolute atomic E-state index is 0.111. The second-order valence-corrected chi connectivity index (χ2v) is 12.3. The quantitative estimate of drug-likeness (QED) is 0.426. The molecule has 0 spiro atoms. The molecule has 0 saturated heterocycles. The molecule has 0 aliphatic heterocycles. The number of carbonyl (C=O) groups excluding carboxylic acids is 2. The van der Waals surface area contributed by atoms with Crippen LogP contribution in [0.25, 0.3) is 0 Å². The first-order valence-corrected chi connectivity index (χ1v) is 15.2. The largest absolute Gasteiger partial charge is 0.352 e. The molecule has 202 valence electrons. The number of sulfonamides is 1. The van der Waals surface area contributed by atoms with Crippen LogP contribution in [0.2, 0.25) is 5.02 Å². The maximum atomic E-state index is 13.4. The monoisotopic (exact) mass is 547 g/mol. The van der Waals surface area contributed by atoms with Gasteiger partial charge in [-0.05, 0) is 68.5 Å². The molecule has 0 radical (unpaired) electrons. The van der Waals surface area contributed by atoms with Crippen LogP contribution in [-0.4, -0.2) is 50.0 Å². The molecule has 2 amide bonds. The van der Waals surface area contributed by atoms with Crippen LogP contribution in [0.5, 0.6) is 0 Å². The Morgan fingerprint density at radius 1 is 1.08 bits per heavy atom. The molecule has 1 N–H and O–H groups in total. The number of carbonyl (C=O) groups is 2. The molecule has 0 unspecified atom stereocenters. The number of nitrogens with one attached hydrogen (secondary N) is 1. The molecule has 1 atom stereocenters. The minimum atomic E-state index is -3.52. The molecule has 0 bridgehead atoms. The molecule has 1 aliphatic rings. The van der Waals surface area contributed by atoms with Crippen LogP contribution < -0.4 is 9.62 Å². The Balaban J connectivity index is 1.71. The van der Waals surface area contributed by atoms with Gasteiger partial charge in [-0.3, -0.25) is 13.9 Å². The van der Waals surface area contributed by atoms with Gasteiger partial charge in [0.2, 0.25) is 21.8 Å². The van der Waals surface area contributed by atoms with Crippen molar-refractivity contribution in [1.29, 1.82) is 0 Å². The van der Waals surface area contributed by atoms with Crippen molar-refractivity contribution in [3.05, 3.63) is 64.7 Å². The third-order valence-corrected chi connectivity index (χ3v) is 8.23. The zero-order valence-electron chi connectivity index (χ0n) is 22.0. The average Bonchev–Trinajstić information content (AvgIpc) is 2.84. The van der Waals surface area contributed by atoms with E-state index in [4.69, 9.17) is 11.6 Å². The predicted molar refractivity (Wildman–Crippen MR) is 149 cm³/mol. The number of hydrogen-bond acceptors (Lipinski definition) is 4. The van der Waals surface area contributed by atoms with Crippen LogP contribution >= 0.6 is 11.6 Å². The zero-order valence-corrected chi connectivity index (χ0v) is 23.5. The third-order valence-electron chi connectivity index (χ3n) is 6.80. The second-order valence-electron chi connectivity index (χ2n) is 9.95. The SMILES string of the molecule is Cc1cccc(N(CCCC(=O)N(Cc2cccc(Cl)c2)[C@@H](C)C(=O)NC2CCCCC2)S(C)(=O)=O)c1. The third kappa shape index (κ3) is 8.75. The van der Waals surface area contributed by atoms with Crippen LogP contribution in [0, 0.1) is 6.92 Å². The first kappa shape index (κ1) is 29.0. The molecule has 2 aromatic rings. The lowest BCUT2D eigenvalue weighted by Gasteiger charge is -2.31. The lowest BCUT2D eigenvalue weighted by Crippen LogP contribution is -2.50. The van der Waals surface area contributed by atoms with Gasteiger partial charge >= 0.3 is 0 Å². The predicted octanol–water partition coefficient (Wildman–Crippen LogP) is 5.06. The van der Waals surface area contributed by atoms with Gasteiger partial charge in [0.1, 0.15) is 6.04 Å². The van der Waals surface area contributed by atoms with Crippen molar-refractivity contribution in [3.8, 4) is 0 Å². The molecule has 9 heteroatoms. The molecule has 1 aliphatic carbocycles. The molecule has 0 heterocycles. The number of halogens is 1. The molecule has 1 fully saturated rings. The van der Waals surface area contributed by atoms with Gasteiger partial charge in [0.05, 0.1) is 11.9 Å². The number of amides is 2. The summed E-state index contributed by atoms with van der Waals surface area (Å²) in [5.74, 6) is -0.372. The van der Waals surface area contributed by atoms with Crippen LogP contribution in [0.15, 0.2) is 48.5 Å². The van der Waals surface area contributed by atoms with E-state index in [9.17, 15) is 18.0 Å². The summed E-state index contributed by atoms with van der Waals surface area (Å²) >= 11 is 6.16. The Labute approximate surface area is 226 Å². The summed E-state index contributed by atoms with van der Waals surface area (Å²) in [7, 11) is -3.52. The van der Waals surface area contributed by atoms with E-state index in [1.165, 1.54) is 17.0 Å². The molecule has 7 nitrogen and oxygen atoms in total. The van der Waals surface area contributed by atoms with E-state index in [1.54, 1.807) is 30.0 Å². The van der Waals surface area contributed by atoms with E-state index in [0.29, 0.717) is 17.1 Å². The van der Waals surface area contributed by atoms with Gasteiger partial charge in [0.25, 0.3) is 0 Å². The van der Waals surface area contributed by atoms with Gasteiger partial charge < -0.3 is 10.2 Å². The lowest BCUT2D eigenvalue weighted by molar-refractivity contribution is -0.141. The van der Waals surface area contributed by atoms with Gasteiger partial charge in [-0.2, -0.15) is 0 Å². The van der Waals surface area contributed by atoms with E-state index < -0.39 is 16.1 Å². The standard InChI is InChI=1S/C28H38ClN3O4S/c1-21-10-7-15-26(18-21)32(37(3,35)36)17-9-16-27(33)31(20-23-11-8-12-24(29)19-23)22(2)28(34)30-25-13-5-4-6-14-25/h7-8,10-12,15,18-19,22,25H,4-6,9,13-14,16-17,20H2,1-3H3,(H,30,34)/t22-/m0/s1. The fourth-order valence-corrected chi connectivity index (χ4v) is 5.94. The highest BCUT2D eigenvalue weighted by atomic mass is 35.5. The molecule has 1 saturated carbocycles. The van der Waals surface area contributed by atoms with Crippen molar-refractivity contribution in [2.24, 2.45) is 0 Å². The van der Waals surface area contributed by atoms with Crippen molar-refractivity contribution in [3.63, 3.8) is 0 Å². The number of benzene rings is 2. The number of hydrogen-bond donors (Lipinski definition) is 1. The van der Waals surface area contributed by atoms with Crippen molar-refractivity contribution < 1.29 is 18.0 Å². The topological polar surface area (TPSA) is 86.8 Å². The van der Waals surface area contributed by atoms with Crippen molar-refractivity contribution >= 4 is 39.1 Å². The Morgan fingerprint density at radius 2 is 1.78 bits per heavy atom. The van der Waals surface area contributed by atoms with Crippen molar-refractivity contribution in [2.45, 2.75) is 77.4 Å². The maximum absolute atomic E-state index is 13.4. The summed E-state index contributed by atoms with van der Waals surface area (Å²) in [5.41, 5.74) is 2.36. The van der Waals surface area contributed by atoms with Crippen LogP contribution in [0.1, 0.15) is 63.0 Å². The van der Waals surface area contributed by atoms with Gasteiger partial charge in [0, 0.05) is 30.6 Å². The summed E-state index contributed by atoms with van der Waals surface area (Å²) in [4.78, 5) is 28.1. The van der Waals surface area contributed by atoms with Gasteiger partial charge in [0.15, 0.2) is 0 Å². The summed E-state index contributed by atoms with van der Waals surface area (Å²) in [6.45, 7) is 4.06. The Bertz CT molecular complexity index is 1180. The summed E-state index contributed by atoms with van der Waals surface area (Å²) in [6.07, 6.45) is 6.91. The smallest absolute Gasteiger partial charge is 0.242 e. The fourth-order valence-electron chi connectivity index (χ4n) is 4.77. The van der Waals surface area contributed by atoms with E-state index in [-0.39, 0.29) is 37.4 Å². The number of aryl methyl sites for hydroxylation is 1. The fraction of sp³-hybridized carbons (Fsp3) is 0.500. The number of rotatable bonds is 11. The molecule has 0 aromatic heterocycles. The highest BCUT2D eigenvalue weighted by molar-refractivity contribution is 7.92. The first-order valence-electron chi connectivity index (χ1n) is 12.9. The number of anilines is 1. The molecule has 3 rings (SSSR count). The van der Waals surface area contributed by atoms with Crippen molar-refractivity contribution in [1.82, 2.24) is 10.2 Å². The Morgan fingerprint density at radius 3 is 2.43 bits per heavy atom. The average molecular weight is 548 g/mol. The summed E-state index contributed by atoms with van der Waals surface area (Å²) in [5, 5.41) is 3.69. The normalized spacial score (nSPS) is 15.1. The highest BCUT2D eigenvalue weighted by Crippen LogP contribution is 2.22. The molecule has 2 aromatic carbocycles. The summed E-state index contributed by atoms with van der Waals surface area (Å²) < 4.78 is 26.3. The van der Waals surface area contributed by atoms with E-state index >= 15 is 0 Å². The van der Waals surface area contributed by atoms with Crippen LogP contribution in [0.3, 0.4) is 0 Å². The first-order chi connectivity index (χ1) is 17.5. The van der Waals surface area contributed by atoms with Crippen molar-refractivity contribution in [2.75, 3.05) is 17.1 Å². The number of nitrogens with zero attached hydrogens (tertiary/aromatic N) is 2. The Kier molecular flexibility index (Phi) is 10.4. The highest BCUT2D eigenvalue weighted by Gasteiger charge is 2.28. The zero-order chi connectivity index (χ0) is 27.0. The van der Waals surface area contributed by atoms with E-state index in [2.05, 4.69) is 5.32 Å². The van der Waals surface area contributed by atoms with E-state index in [0.717, 1.165) is 36.8 Å². The van der Waals surface area contributed by atoms with Gasteiger partial charge in [-0.15, -0.1) is 0 Å². The van der Waals surface area contributed by atoms with E-state index in [1.807, 2.05) is 37.3 Å². The van der Waals surface area contributed by atoms with Gasteiger partial charge in [-0.1, -0.05) is 55.1 Å². The molecule has 37 heavy (non-hydrogen) atoms. The van der Waals surface area contributed by atoms with Crippen LogP contribution in [-0.2, 0) is 26.2 Å². The second kappa shape index (κ2) is 13.3. The maximum Gasteiger partial charge on any atom is 0.242 e. The lowest BCUT2D eigenvalue weighted by atomic mass is 9.95. The minimum Gasteiger partial charge on any atom is -0.352 e. The molecular formula is C28H38ClN3O4S.